The van der Waals surface area contributed by atoms with Crippen LogP contribution in [-0.2, 0) is 6.54 Å². The summed E-state index contributed by atoms with van der Waals surface area (Å²) in [5, 5.41) is 22.9. The van der Waals surface area contributed by atoms with Gasteiger partial charge in [-0.2, -0.15) is 10.2 Å². The Kier molecular flexibility index (Phi) is 7.75. The molecule has 1 saturated carbocycles. The highest BCUT2D eigenvalue weighted by Crippen LogP contribution is 2.40. The number of hydrogen-bond donors (Lipinski definition) is 2. The van der Waals surface area contributed by atoms with Crippen LogP contribution in [0.1, 0.15) is 61.7 Å². The molecule has 2 N–H and O–H groups in total. The van der Waals surface area contributed by atoms with E-state index in [-0.39, 0.29) is 12.6 Å². The van der Waals surface area contributed by atoms with E-state index < -0.39 is 11.9 Å². The van der Waals surface area contributed by atoms with Crippen LogP contribution in [0.2, 0.25) is 0 Å². The van der Waals surface area contributed by atoms with Crippen LogP contribution < -0.4 is 14.8 Å². The fourth-order valence-corrected chi connectivity index (χ4v) is 6.62. The van der Waals surface area contributed by atoms with E-state index >= 15 is 0 Å². The van der Waals surface area contributed by atoms with Crippen molar-refractivity contribution in [1.29, 1.82) is 0 Å². The molecule has 11 heteroatoms. The minimum Gasteiger partial charge on any atom is -0.493 e. The molecule has 4 aromatic rings. The number of hydrogen-bond acceptors (Lipinski definition) is 8. The second-order valence-corrected chi connectivity index (χ2v) is 11.1. The van der Waals surface area contributed by atoms with Crippen LogP contribution in [0, 0.1) is 25.2 Å². The number of nitrogens with zero attached hydrogens (tertiary/aromatic N) is 6. The molecule has 2 aliphatic rings. The standard InChI is InChI=1S/C31H36FN7O3/c1-5-33-23-7-9-24(10-8-23)37-12-13-38-30(20(37)3)19(2)29(36-38)21-14-26(31-27(41-4)16-35-39(31)17-21)42-28(18-40)25-11-6-22(32)15-34-25/h1,6,11,14-17,20,23-24,28,33,40H,7-10,12-13,18H2,2-4H3/t20-,23?,24?,28-/m1/s1. The molecule has 1 fully saturated rings. The predicted molar refractivity (Wildman–Crippen MR) is 155 cm³/mol. The fraction of sp³-hybridized carbons (Fsp3) is 0.452. The first-order chi connectivity index (χ1) is 20.4. The van der Waals surface area contributed by atoms with Gasteiger partial charge in [-0.05, 0) is 63.3 Å². The molecule has 0 unspecified atom stereocenters. The number of fused-ring (bicyclic) bond motifs is 2. The van der Waals surface area contributed by atoms with Gasteiger partial charge in [0.05, 0.1) is 49.7 Å². The van der Waals surface area contributed by atoms with Crippen LogP contribution in [0.3, 0.4) is 0 Å². The predicted octanol–water partition coefficient (Wildman–Crippen LogP) is 4.03. The average molecular weight is 574 g/mol. The lowest BCUT2D eigenvalue weighted by Gasteiger charge is -2.43. The Balaban J connectivity index is 1.33. The highest BCUT2D eigenvalue weighted by Gasteiger charge is 2.35. The number of aromatic nitrogens is 5. The lowest BCUT2D eigenvalue weighted by molar-refractivity contribution is 0.0773. The molecule has 2 atom stereocenters. The zero-order valence-corrected chi connectivity index (χ0v) is 24.1. The van der Waals surface area contributed by atoms with E-state index in [2.05, 4.69) is 44.9 Å². The van der Waals surface area contributed by atoms with Gasteiger partial charge in [0.25, 0.3) is 0 Å². The van der Waals surface area contributed by atoms with Crippen molar-refractivity contribution in [2.75, 3.05) is 20.3 Å². The maximum atomic E-state index is 13.5. The van der Waals surface area contributed by atoms with Gasteiger partial charge >= 0.3 is 0 Å². The van der Waals surface area contributed by atoms with Crippen molar-refractivity contribution in [2.24, 2.45) is 0 Å². The Labute approximate surface area is 244 Å². The molecule has 6 rings (SSSR count). The van der Waals surface area contributed by atoms with Crippen molar-refractivity contribution in [3.05, 3.63) is 59.6 Å². The summed E-state index contributed by atoms with van der Waals surface area (Å²) in [4.78, 5) is 6.74. The topological polar surface area (TPSA) is 102 Å². The van der Waals surface area contributed by atoms with Crippen molar-refractivity contribution in [1.82, 2.24) is 34.6 Å². The normalized spacial score (nSPS) is 21.5. The van der Waals surface area contributed by atoms with Crippen molar-refractivity contribution in [2.45, 2.75) is 70.3 Å². The van der Waals surface area contributed by atoms with Crippen LogP contribution in [0.4, 0.5) is 4.39 Å². The molecule has 4 aromatic heterocycles. The molecule has 1 aliphatic carbocycles. The largest absolute Gasteiger partial charge is 0.493 e. The summed E-state index contributed by atoms with van der Waals surface area (Å²) in [5.41, 5.74) is 5.02. The molecular formula is C31H36FN7O3. The summed E-state index contributed by atoms with van der Waals surface area (Å²) < 4.78 is 29.2. The second-order valence-electron chi connectivity index (χ2n) is 11.1. The lowest BCUT2D eigenvalue weighted by atomic mass is 9.88. The van der Waals surface area contributed by atoms with Gasteiger partial charge < -0.3 is 19.9 Å². The Morgan fingerprint density at radius 2 is 2.00 bits per heavy atom. The van der Waals surface area contributed by atoms with Crippen LogP contribution >= 0.6 is 0 Å². The molecule has 0 saturated heterocycles. The van der Waals surface area contributed by atoms with Gasteiger partial charge in [0, 0.05) is 42.5 Å². The van der Waals surface area contributed by atoms with Crippen molar-refractivity contribution >= 4 is 5.52 Å². The summed E-state index contributed by atoms with van der Waals surface area (Å²) in [6, 6.07) is 8.43. The molecule has 1 aliphatic heterocycles. The number of pyridine rings is 2. The van der Waals surface area contributed by atoms with Gasteiger partial charge in [0.1, 0.15) is 5.82 Å². The van der Waals surface area contributed by atoms with Crippen molar-refractivity contribution < 1.29 is 19.0 Å². The minimum absolute atomic E-state index is 0.217. The zero-order chi connectivity index (χ0) is 29.4. The number of rotatable bonds is 8. The molecule has 5 heterocycles. The maximum absolute atomic E-state index is 13.5. The molecule has 0 spiro atoms. The second kappa shape index (κ2) is 11.6. The number of terminal acetylenes is 1. The molecule has 220 valence electrons. The molecule has 0 bridgehead atoms. The van der Waals surface area contributed by atoms with E-state index in [9.17, 15) is 9.50 Å². The van der Waals surface area contributed by atoms with Crippen molar-refractivity contribution in [3.63, 3.8) is 0 Å². The number of ether oxygens (including phenoxy) is 2. The van der Waals surface area contributed by atoms with E-state index in [1.54, 1.807) is 17.8 Å². The Morgan fingerprint density at radius 1 is 1.19 bits per heavy atom. The van der Waals surface area contributed by atoms with E-state index in [0.717, 1.165) is 61.8 Å². The van der Waals surface area contributed by atoms with Gasteiger partial charge in [0.2, 0.25) is 0 Å². The van der Waals surface area contributed by atoms with Crippen LogP contribution in [0.25, 0.3) is 16.8 Å². The SMILES string of the molecule is C#CNC1CCC(N2CCn3nc(-c4cc(O[C@H](CO)c5ccc(F)cn5)c5c(OC)cnn5c4)c(C)c3[C@H]2C)CC1. The highest BCUT2D eigenvalue weighted by molar-refractivity contribution is 5.75. The van der Waals surface area contributed by atoms with Gasteiger partial charge in [-0.25, -0.2) is 8.91 Å². The number of halogens is 1. The number of aliphatic hydroxyl groups is 1. The minimum atomic E-state index is -0.819. The summed E-state index contributed by atoms with van der Waals surface area (Å²) in [6.45, 7) is 5.80. The number of nitrogens with one attached hydrogen (secondary N) is 1. The first-order valence-electron chi connectivity index (χ1n) is 14.4. The maximum Gasteiger partial charge on any atom is 0.168 e. The van der Waals surface area contributed by atoms with Crippen molar-refractivity contribution in [3.8, 4) is 35.2 Å². The van der Waals surface area contributed by atoms with E-state index in [4.69, 9.17) is 21.0 Å². The average Bonchev–Trinajstić information content (AvgIpc) is 3.58. The molecule has 42 heavy (non-hydrogen) atoms. The summed E-state index contributed by atoms with van der Waals surface area (Å²) >= 11 is 0. The monoisotopic (exact) mass is 573 g/mol. The molecule has 0 radical (unpaired) electrons. The Bertz CT molecular complexity index is 1600. The molecular weight excluding hydrogens is 537 g/mol. The van der Waals surface area contributed by atoms with E-state index in [1.165, 1.54) is 17.8 Å². The summed E-state index contributed by atoms with van der Waals surface area (Å²) in [7, 11) is 1.57. The smallest absolute Gasteiger partial charge is 0.168 e. The third-order valence-electron chi connectivity index (χ3n) is 8.71. The first-order valence-corrected chi connectivity index (χ1v) is 14.4. The van der Waals surface area contributed by atoms with Crippen LogP contribution in [0.15, 0.2) is 36.8 Å². The molecule has 0 aromatic carbocycles. The van der Waals surface area contributed by atoms with Crippen LogP contribution in [0.5, 0.6) is 11.5 Å². The Hall–Kier alpha value is -4.14. The Morgan fingerprint density at radius 3 is 2.69 bits per heavy atom. The van der Waals surface area contributed by atoms with Crippen LogP contribution in [-0.4, -0.2) is 66.7 Å². The van der Waals surface area contributed by atoms with Gasteiger partial charge in [-0.15, -0.1) is 0 Å². The number of methoxy groups -OCH3 is 1. The van der Waals surface area contributed by atoms with Gasteiger partial charge in [0.15, 0.2) is 23.1 Å². The molecule has 10 nitrogen and oxygen atoms in total. The van der Waals surface area contributed by atoms with E-state index in [1.807, 2.05) is 12.3 Å². The quantitative estimate of drug-likeness (QED) is 0.241. The van der Waals surface area contributed by atoms with Gasteiger partial charge in [-0.3, -0.25) is 14.6 Å². The zero-order valence-electron chi connectivity index (χ0n) is 24.1. The number of aliphatic hydroxyl groups excluding tert-OH is 1. The summed E-state index contributed by atoms with van der Waals surface area (Å²) in [6.07, 6.45) is 13.7. The lowest BCUT2D eigenvalue weighted by Crippen LogP contribution is -2.47. The summed E-state index contributed by atoms with van der Waals surface area (Å²) in [5.74, 6) is 0.514. The van der Waals surface area contributed by atoms with Gasteiger partial charge in [-0.1, -0.05) is 6.42 Å². The molecule has 0 amide bonds. The third kappa shape index (κ3) is 5.05. The third-order valence-corrected chi connectivity index (χ3v) is 8.71. The van der Waals surface area contributed by atoms with E-state index in [0.29, 0.717) is 34.8 Å². The fourth-order valence-electron chi connectivity index (χ4n) is 6.62. The highest BCUT2D eigenvalue weighted by atomic mass is 19.1. The first kappa shape index (κ1) is 28.0.